The summed E-state index contributed by atoms with van der Waals surface area (Å²) in [6.07, 6.45) is 0.0447. The van der Waals surface area contributed by atoms with E-state index in [1.165, 1.54) is 19.4 Å². The maximum absolute atomic E-state index is 12.2. The Balaban J connectivity index is 2.78. The zero-order chi connectivity index (χ0) is 12.3. The number of hydrogen-bond donors (Lipinski definition) is 0. The molecule has 4 nitrogen and oxygen atoms in total. The van der Waals surface area contributed by atoms with Gasteiger partial charge in [0.2, 0.25) is 0 Å². The van der Waals surface area contributed by atoms with E-state index in [2.05, 4.69) is 0 Å². The van der Waals surface area contributed by atoms with Gasteiger partial charge in [-0.3, -0.25) is 4.90 Å². The van der Waals surface area contributed by atoms with Gasteiger partial charge in [-0.15, -0.1) is 0 Å². The lowest BCUT2D eigenvalue weighted by Gasteiger charge is -2.19. The monoisotopic (exact) mass is 236 g/mol. The van der Waals surface area contributed by atoms with Gasteiger partial charge in [0.15, 0.2) is 0 Å². The van der Waals surface area contributed by atoms with E-state index in [1.807, 2.05) is 0 Å². The number of alkyl halides is 3. The molecule has 1 aromatic rings. The first-order valence-corrected chi connectivity index (χ1v) is 4.72. The lowest BCUT2D eigenvalue weighted by Crippen LogP contribution is -2.41. The van der Waals surface area contributed by atoms with Crippen molar-refractivity contribution in [1.82, 2.24) is 9.47 Å². The summed E-state index contributed by atoms with van der Waals surface area (Å²) in [5, 5.41) is 0. The summed E-state index contributed by atoms with van der Waals surface area (Å²) in [5.74, 6) is 0. The van der Waals surface area contributed by atoms with E-state index in [0.717, 1.165) is 9.47 Å². The summed E-state index contributed by atoms with van der Waals surface area (Å²) in [6, 6.07) is -0.680. The van der Waals surface area contributed by atoms with Crippen molar-refractivity contribution in [2.24, 2.45) is 7.05 Å². The van der Waals surface area contributed by atoms with E-state index < -0.39 is 18.8 Å². The van der Waals surface area contributed by atoms with Crippen LogP contribution in [0.3, 0.4) is 0 Å². The van der Waals surface area contributed by atoms with E-state index in [9.17, 15) is 18.0 Å². The Morgan fingerprint density at radius 3 is 2.50 bits per heavy atom. The molecule has 90 valence electrons. The number of carbonyl (C=O) groups is 1. The number of imidazole rings is 1. The largest absolute Gasteiger partial charge is 0.416 e. The lowest BCUT2D eigenvalue weighted by molar-refractivity contribution is -0.670. The van der Waals surface area contributed by atoms with Crippen molar-refractivity contribution >= 4 is 6.03 Å². The van der Waals surface area contributed by atoms with E-state index in [4.69, 9.17) is 0 Å². The Morgan fingerprint density at radius 1 is 1.50 bits per heavy atom. The summed E-state index contributed by atoms with van der Waals surface area (Å²) in [5.41, 5.74) is 0. The molecule has 7 heteroatoms. The minimum Gasteiger partial charge on any atom is -0.295 e. The Kier molecular flexibility index (Phi) is 3.56. The van der Waals surface area contributed by atoms with Gasteiger partial charge in [0.05, 0.1) is 7.05 Å². The van der Waals surface area contributed by atoms with Crippen LogP contribution in [0, 0.1) is 0 Å². The molecule has 0 unspecified atom stereocenters. The van der Waals surface area contributed by atoms with Crippen molar-refractivity contribution in [3.63, 3.8) is 0 Å². The molecule has 0 radical (unpaired) electrons. The summed E-state index contributed by atoms with van der Waals surface area (Å²) >= 11 is 0. The van der Waals surface area contributed by atoms with Gasteiger partial charge < -0.3 is 0 Å². The average Bonchev–Trinajstić information content (AvgIpc) is 2.58. The normalized spacial score (nSPS) is 11.6. The van der Waals surface area contributed by atoms with Crippen LogP contribution in [0.15, 0.2) is 18.7 Å². The molecule has 1 aromatic heterocycles. The van der Waals surface area contributed by atoms with Crippen LogP contribution in [0.5, 0.6) is 0 Å². The molecule has 0 atom stereocenters. The molecule has 0 saturated carbocycles. The van der Waals surface area contributed by atoms with Crippen LogP contribution in [-0.2, 0) is 7.05 Å². The number of rotatable bonds is 2. The maximum Gasteiger partial charge on any atom is 0.416 e. The Bertz CT molecular complexity index is 372. The highest BCUT2D eigenvalue weighted by Gasteiger charge is 2.34. The quantitative estimate of drug-likeness (QED) is 0.708. The Morgan fingerprint density at radius 2 is 2.12 bits per heavy atom. The van der Waals surface area contributed by atoms with Gasteiger partial charge in [0.25, 0.3) is 6.33 Å². The predicted octanol–water partition coefficient (Wildman–Crippen LogP) is 1.16. The second kappa shape index (κ2) is 4.54. The number of nitrogens with zero attached hydrogens (tertiary/aromatic N) is 3. The van der Waals surface area contributed by atoms with Crippen molar-refractivity contribution in [2.45, 2.75) is 13.1 Å². The zero-order valence-corrected chi connectivity index (χ0v) is 9.03. The summed E-state index contributed by atoms with van der Waals surface area (Å²) in [4.78, 5) is 12.4. The molecule has 0 aliphatic rings. The van der Waals surface area contributed by atoms with Gasteiger partial charge in [-0.2, -0.15) is 17.7 Å². The van der Waals surface area contributed by atoms with E-state index in [-0.39, 0.29) is 6.54 Å². The molecule has 0 aliphatic heterocycles. The number of aryl methyl sites for hydroxylation is 1. The van der Waals surface area contributed by atoms with Gasteiger partial charge in [-0.05, 0) is 6.92 Å². The second-order valence-electron chi connectivity index (χ2n) is 3.40. The van der Waals surface area contributed by atoms with E-state index >= 15 is 0 Å². The molecular formula is C9H13F3N3O+. The first-order chi connectivity index (χ1) is 7.33. The third-order valence-electron chi connectivity index (χ3n) is 2.01. The highest BCUT2D eigenvalue weighted by Crippen LogP contribution is 2.16. The van der Waals surface area contributed by atoms with Crippen LogP contribution in [0.4, 0.5) is 18.0 Å². The SMILES string of the molecule is CCN(CC(F)(F)F)C(=O)n1cc[n+](C)c1. The number of amides is 1. The topological polar surface area (TPSA) is 29.1 Å². The third-order valence-corrected chi connectivity index (χ3v) is 2.01. The van der Waals surface area contributed by atoms with Crippen LogP contribution in [-0.4, -0.2) is 34.8 Å². The molecule has 0 aromatic carbocycles. The molecule has 0 spiro atoms. The van der Waals surface area contributed by atoms with Gasteiger partial charge >= 0.3 is 12.2 Å². The molecule has 0 fully saturated rings. The van der Waals surface area contributed by atoms with Crippen LogP contribution >= 0.6 is 0 Å². The molecule has 1 heterocycles. The highest BCUT2D eigenvalue weighted by atomic mass is 19.4. The maximum atomic E-state index is 12.2. The van der Waals surface area contributed by atoms with Crippen molar-refractivity contribution in [3.8, 4) is 0 Å². The van der Waals surface area contributed by atoms with Crippen LogP contribution < -0.4 is 4.57 Å². The van der Waals surface area contributed by atoms with Gasteiger partial charge in [-0.25, -0.2) is 9.36 Å². The molecular weight excluding hydrogens is 223 g/mol. The fraction of sp³-hybridized carbons (Fsp3) is 0.556. The molecule has 0 N–H and O–H groups in total. The molecule has 1 amide bonds. The van der Waals surface area contributed by atoms with Crippen LogP contribution in [0.2, 0.25) is 0 Å². The number of hydrogen-bond acceptors (Lipinski definition) is 1. The lowest BCUT2D eigenvalue weighted by atomic mass is 10.5. The molecule has 0 bridgehead atoms. The first-order valence-electron chi connectivity index (χ1n) is 4.72. The average molecular weight is 236 g/mol. The highest BCUT2D eigenvalue weighted by molar-refractivity contribution is 5.76. The fourth-order valence-electron chi connectivity index (χ4n) is 1.26. The summed E-state index contributed by atoms with van der Waals surface area (Å²) in [7, 11) is 1.68. The van der Waals surface area contributed by atoms with Gasteiger partial charge in [-0.1, -0.05) is 0 Å². The van der Waals surface area contributed by atoms with Crippen molar-refractivity contribution in [2.75, 3.05) is 13.1 Å². The van der Waals surface area contributed by atoms with E-state index in [1.54, 1.807) is 17.8 Å². The van der Waals surface area contributed by atoms with Crippen LogP contribution in [0.25, 0.3) is 0 Å². The zero-order valence-electron chi connectivity index (χ0n) is 9.03. The van der Waals surface area contributed by atoms with E-state index in [0.29, 0.717) is 0 Å². The van der Waals surface area contributed by atoms with Crippen molar-refractivity contribution < 1.29 is 22.5 Å². The number of halogens is 3. The van der Waals surface area contributed by atoms with Gasteiger partial charge in [0, 0.05) is 6.54 Å². The first kappa shape index (κ1) is 12.5. The summed E-state index contributed by atoms with van der Waals surface area (Å²) < 4.78 is 39.2. The standard InChI is InChI=1S/C9H13F3N3O/c1-3-14(6-9(10,11)12)8(16)15-5-4-13(2)7-15/h4-5,7H,3,6H2,1-2H3/q+1. The second-order valence-corrected chi connectivity index (χ2v) is 3.40. The molecule has 1 rings (SSSR count). The van der Waals surface area contributed by atoms with Gasteiger partial charge in [0.1, 0.15) is 18.9 Å². The molecule has 16 heavy (non-hydrogen) atoms. The third kappa shape index (κ3) is 3.25. The number of aromatic nitrogens is 2. The Labute approximate surface area is 90.9 Å². The Hall–Kier alpha value is -1.53. The molecule has 0 saturated heterocycles. The number of carbonyl (C=O) groups excluding carboxylic acids is 1. The van der Waals surface area contributed by atoms with Crippen LogP contribution in [0.1, 0.15) is 6.92 Å². The van der Waals surface area contributed by atoms with Crippen molar-refractivity contribution in [1.29, 1.82) is 0 Å². The smallest absolute Gasteiger partial charge is 0.295 e. The van der Waals surface area contributed by atoms with Crippen molar-refractivity contribution in [3.05, 3.63) is 18.7 Å². The minimum absolute atomic E-state index is 0.0141. The fourth-order valence-corrected chi connectivity index (χ4v) is 1.26. The summed E-state index contributed by atoms with van der Waals surface area (Å²) in [6.45, 7) is 0.289. The predicted molar refractivity (Wildman–Crippen MR) is 49.7 cm³/mol. The minimum atomic E-state index is -4.37. The molecule has 0 aliphatic carbocycles.